The molecule has 0 aromatic rings. The lowest BCUT2D eigenvalue weighted by Gasteiger charge is -2.38. The van der Waals surface area contributed by atoms with Crippen molar-refractivity contribution in [1.82, 2.24) is 4.90 Å². The first-order valence-corrected chi connectivity index (χ1v) is 4.45. The van der Waals surface area contributed by atoms with Crippen LogP contribution >= 0.6 is 0 Å². The van der Waals surface area contributed by atoms with Gasteiger partial charge in [0.2, 0.25) is 5.91 Å². The zero-order valence-electron chi connectivity index (χ0n) is 8.37. The van der Waals surface area contributed by atoms with E-state index in [1.807, 2.05) is 25.7 Å². The van der Waals surface area contributed by atoms with Crippen molar-refractivity contribution in [3.63, 3.8) is 0 Å². The molecule has 1 fully saturated rings. The predicted octanol–water partition coefficient (Wildman–Crippen LogP) is 1.24. The fourth-order valence-corrected chi connectivity index (χ4v) is 1.52. The predicted molar refractivity (Wildman–Crippen MR) is 49.9 cm³/mol. The van der Waals surface area contributed by atoms with E-state index < -0.39 is 0 Å². The van der Waals surface area contributed by atoms with E-state index in [0.29, 0.717) is 18.7 Å². The Balaban J connectivity index is 2.70. The van der Waals surface area contributed by atoms with Crippen molar-refractivity contribution < 1.29 is 10.0 Å². The van der Waals surface area contributed by atoms with E-state index in [2.05, 4.69) is 5.16 Å². The van der Waals surface area contributed by atoms with Crippen molar-refractivity contribution in [2.24, 2.45) is 5.16 Å². The number of piperidine rings is 1. The van der Waals surface area contributed by atoms with Gasteiger partial charge in [0.05, 0.1) is 12.1 Å². The van der Waals surface area contributed by atoms with E-state index in [0.717, 1.165) is 0 Å². The topological polar surface area (TPSA) is 52.9 Å². The van der Waals surface area contributed by atoms with E-state index in [4.69, 9.17) is 5.21 Å². The Morgan fingerprint density at radius 1 is 1.46 bits per heavy atom. The normalized spacial score (nSPS) is 22.5. The molecule has 1 N–H and O–H groups in total. The van der Waals surface area contributed by atoms with Gasteiger partial charge in [-0.25, -0.2) is 0 Å². The smallest absolute Gasteiger partial charge is 0.228 e. The number of hydrogen-bond donors (Lipinski definition) is 1. The van der Waals surface area contributed by atoms with Gasteiger partial charge in [-0.3, -0.25) is 4.79 Å². The van der Waals surface area contributed by atoms with Crippen LogP contribution in [0.5, 0.6) is 0 Å². The Bertz CT molecular complexity index is 240. The Morgan fingerprint density at radius 2 is 2.08 bits per heavy atom. The largest absolute Gasteiger partial charge is 0.411 e. The van der Waals surface area contributed by atoms with E-state index >= 15 is 0 Å². The third-order valence-corrected chi connectivity index (χ3v) is 2.23. The lowest BCUT2D eigenvalue weighted by molar-refractivity contribution is -0.135. The Morgan fingerprint density at radius 3 is 2.46 bits per heavy atom. The summed E-state index contributed by atoms with van der Waals surface area (Å²) in [6, 6.07) is 0. The molecule has 1 rings (SSSR count). The van der Waals surface area contributed by atoms with Gasteiger partial charge in [-0.2, -0.15) is 0 Å². The van der Waals surface area contributed by atoms with Gasteiger partial charge in [-0.05, 0) is 20.8 Å². The van der Waals surface area contributed by atoms with Gasteiger partial charge < -0.3 is 10.1 Å². The summed E-state index contributed by atoms with van der Waals surface area (Å²) in [6.45, 7) is 6.67. The number of amides is 1. The maximum absolute atomic E-state index is 11.5. The molecule has 0 unspecified atom stereocenters. The highest BCUT2D eigenvalue weighted by Crippen LogP contribution is 2.19. The summed E-state index contributed by atoms with van der Waals surface area (Å²) in [7, 11) is 0. The van der Waals surface area contributed by atoms with Crippen LogP contribution in [-0.4, -0.2) is 33.8 Å². The highest BCUT2D eigenvalue weighted by molar-refractivity contribution is 6.03. The molecule has 0 bridgehead atoms. The maximum Gasteiger partial charge on any atom is 0.228 e. The highest BCUT2D eigenvalue weighted by Gasteiger charge is 2.30. The molecule has 0 saturated carbocycles. The van der Waals surface area contributed by atoms with E-state index in [1.54, 1.807) is 0 Å². The van der Waals surface area contributed by atoms with Gasteiger partial charge in [0, 0.05) is 18.5 Å². The molecule has 74 valence electrons. The van der Waals surface area contributed by atoms with Crippen LogP contribution in [0.3, 0.4) is 0 Å². The van der Waals surface area contributed by atoms with Crippen LogP contribution in [0.25, 0.3) is 0 Å². The average Bonchev–Trinajstić information content (AvgIpc) is 2.01. The lowest BCUT2D eigenvalue weighted by Crippen LogP contribution is -2.49. The Kier molecular flexibility index (Phi) is 2.59. The van der Waals surface area contributed by atoms with Crippen LogP contribution in [0.15, 0.2) is 5.16 Å². The Hall–Kier alpha value is -1.06. The number of nitrogens with zero attached hydrogens (tertiary/aromatic N) is 2. The molecule has 0 aliphatic carbocycles. The zero-order chi connectivity index (χ0) is 10.1. The minimum Gasteiger partial charge on any atom is -0.411 e. The summed E-state index contributed by atoms with van der Waals surface area (Å²) in [6.07, 6.45) is 0.938. The van der Waals surface area contributed by atoms with Gasteiger partial charge in [-0.15, -0.1) is 0 Å². The van der Waals surface area contributed by atoms with Gasteiger partial charge in [0.25, 0.3) is 0 Å². The zero-order valence-corrected chi connectivity index (χ0v) is 8.37. The van der Waals surface area contributed by atoms with Crippen LogP contribution in [-0.2, 0) is 4.79 Å². The number of carbonyl (C=O) groups is 1. The van der Waals surface area contributed by atoms with Crippen LogP contribution in [0.2, 0.25) is 0 Å². The van der Waals surface area contributed by atoms with Crippen molar-refractivity contribution in [2.45, 2.75) is 39.2 Å². The second-order valence-electron chi connectivity index (χ2n) is 4.31. The molecule has 1 aliphatic rings. The summed E-state index contributed by atoms with van der Waals surface area (Å²) in [5.74, 6) is 0.0477. The summed E-state index contributed by atoms with van der Waals surface area (Å²) in [5, 5.41) is 11.6. The second kappa shape index (κ2) is 3.36. The Labute approximate surface area is 78.2 Å². The van der Waals surface area contributed by atoms with Crippen molar-refractivity contribution in [3.05, 3.63) is 0 Å². The van der Waals surface area contributed by atoms with Crippen LogP contribution in [0, 0.1) is 0 Å². The van der Waals surface area contributed by atoms with Crippen molar-refractivity contribution >= 4 is 11.6 Å². The lowest BCUT2D eigenvalue weighted by atomic mass is 9.99. The SMILES string of the molecule is CC(C)(C)N1CCC(=NO)CC1=O. The first-order chi connectivity index (χ1) is 5.95. The fraction of sp³-hybridized carbons (Fsp3) is 0.778. The molecule has 0 atom stereocenters. The summed E-state index contributed by atoms with van der Waals surface area (Å²) in [4.78, 5) is 13.4. The molecule has 0 aromatic carbocycles. The van der Waals surface area contributed by atoms with Crippen LogP contribution in [0.4, 0.5) is 0 Å². The third kappa shape index (κ3) is 2.20. The summed E-state index contributed by atoms with van der Waals surface area (Å²) >= 11 is 0. The van der Waals surface area contributed by atoms with Gasteiger partial charge in [-0.1, -0.05) is 5.16 Å². The van der Waals surface area contributed by atoms with E-state index in [9.17, 15) is 4.79 Å². The third-order valence-electron chi connectivity index (χ3n) is 2.23. The number of oxime groups is 1. The molecular weight excluding hydrogens is 168 g/mol. The molecule has 4 heteroatoms. The molecular formula is C9H16N2O2. The summed E-state index contributed by atoms with van der Waals surface area (Å²) in [5.41, 5.74) is 0.462. The standard InChI is InChI=1S/C9H16N2O2/c1-9(2,3)11-5-4-7(10-13)6-8(11)12/h13H,4-6H2,1-3H3. The summed E-state index contributed by atoms with van der Waals surface area (Å²) < 4.78 is 0. The molecule has 0 spiro atoms. The first kappa shape index (κ1) is 10.0. The van der Waals surface area contributed by atoms with Gasteiger partial charge in [0.15, 0.2) is 0 Å². The average molecular weight is 184 g/mol. The van der Waals surface area contributed by atoms with Gasteiger partial charge in [0.1, 0.15) is 0 Å². The second-order valence-corrected chi connectivity index (χ2v) is 4.31. The van der Waals surface area contributed by atoms with Crippen LogP contribution < -0.4 is 0 Å². The molecule has 0 radical (unpaired) electrons. The molecule has 1 aliphatic heterocycles. The van der Waals surface area contributed by atoms with Crippen molar-refractivity contribution in [1.29, 1.82) is 0 Å². The first-order valence-electron chi connectivity index (χ1n) is 4.45. The minimum absolute atomic E-state index is 0.0477. The molecule has 1 heterocycles. The molecule has 0 aromatic heterocycles. The monoisotopic (exact) mass is 184 g/mol. The number of carbonyl (C=O) groups excluding carboxylic acids is 1. The quantitative estimate of drug-likeness (QED) is 0.455. The van der Waals surface area contributed by atoms with E-state index in [-0.39, 0.29) is 17.9 Å². The molecule has 4 nitrogen and oxygen atoms in total. The highest BCUT2D eigenvalue weighted by atomic mass is 16.4. The molecule has 1 saturated heterocycles. The molecule has 13 heavy (non-hydrogen) atoms. The minimum atomic E-state index is -0.127. The van der Waals surface area contributed by atoms with Crippen molar-refractivity contribution in [3.8, 4) is 0 Å². The van der Waals surface area contributed by atoms with E-state index in [1.165, 1.54) is 0 Å². The van der Waals surface area contributed by atoms with Gasteiger partial charge >= 0.3 is 0 Å². The molecule has 1 amide bonds. The van der Waals surface area contributed by atoms with Crippen molar-refractivity contribution in [2.75, 3.05) is 6.54 Å². The number of likely N-dealkylation sites (tertiary alicyclic amines) is 1. The maximum atomic E-state index is 11.5. The van der Waals surface area contributed by atoms with Crippen LogP contribution in [0.1, 0.15) is 33.6 Å². The number of hydrogen-bond acceptors (Lipinski definition) is 3. The number of rotatable bonds is 0. The fourth-order valence-electron chi connectivity index (χ4n) is 1.52.